The van der Waals surface area contributed by atoms with Gasteiger partial charge in [0, 0.05) is 37.7 Å². The van der Waals surface area contributed by atoms with Crippen molar-refractivity contribution in [1.29, 1.82) is 0 Å². The van der Waals surface area contributed by atoms with Crippen molar-refractivity contribution in [3.63, 3.8) is 0 Å². The molecule has 0 bridgehead atoms. The Morgan fingerprint density at radius 3 is 2.73 bits per heavy atom. The SMILES string of the molecule is CN=C(NCCCc1ccccc1Cl)NC1CCN(c2cccs2)CC1. The third kappa shape index (κ3) is 5.39. The first-order valence-corrected chi connectivity index (χ1v) is 10.5. The van der Waals surface area contributed by atoms with Crippen LogP contribution in [0.4, 0.5) is 5.00 Å². The number of guanidine groups is 1. The summed E-state index contributed by atoms with van der Waals surface area (Å²) < 4.78 is 0. The summed E-state index contributed by atoms with van der Waals surface area (Å²) in [6, 6.07) is 12.9. The molecular formula is C20H27ClN4S. The largest absolute Gasteiger partial charge is 0.363 e. The van der Waals surface area contributed by atoms with Gasteiger partial charge >= 0.3 is 0 Å². The van der Waals surface area contributed by atoms with Gasteiger partial charge in [0.1, 0.15) is 0 Å². The smallest absolute Gasteiger partial charge is 0.191 e. The summed E-state index contributed by atoms with van der Waals surface area (Å²) in [7, 11) is 1.84. The highest BCUT2D eigenvalue weighted by Gasteiger charge is 2.20. The topological polar surface area (TPSA) is 39.7 Å². The van der Waals surface area contributed by atoms with E-state index in [1.165, 1.54) is 10.6 Å². The van der Waals surface area contributed by atoms with Crippen LogP contribution in [0.2, 0.25) is 5.02 Å². The fourth-order valence-electron chi connectivity index (χ4n) is 3.27. The zero-order chi connectivity index (χ0) is 18.2. The second-order valence-corrected chi connectivity index (χ2v) is 7.88. The lowest BCUT2D eigenvalue weighted by molar-refractivity contribution is 0.462. The Labute approximate surface area is 165 Å². The molecule has 3 rings (SSSR count). The first-order chi connectivity index (χ1) is 12.8. The molecule has 1 fully saturated rings. The Bertz CT molecular complexity index is 694. The standard InChI is InChI=1S/C20H27ClN4S/c1-22-20(23-12-4-7-16-6-2-3-8-18(16)21)24-17-10-13-25(14-11-17)19-9-5-15-26-19/h2-3,5-6,8-9,15,17H,4,7,10-14H2,1H3,(H2,22,23,24). The lowest BCUT2D eigenvalue weighted by atomic mass is 10.1. The predicted molar refractivity (Wildman–Crippen MR) is 114 cm³/mol. The van der Waals surface area contributed by atoms with Gasteiger partial charge in [-0.15, -0.1) is 11.3 Å². The molecule has 6 heteroatoms. The molecular weight excluding hydrogens is 364 g/mol. The van der Waals surface area contributed by atoms with Crippen molar-refractivity contribution < 1.29 is 0 Å². The minimum Gasteiger partial charge on any atom is -0.363 e. The van der Waals surface area contributed by atoms with Gasteiger partial charge in [0.2, 0.25) is 0 Å². The summed E-state index contributed by atoms with van der Waals surface area (Å²) in [5.41, 5.74) is 1.21. The summed E-state index contributed by atoms with van der Waals surface area (Å²) in [5.74, 6) is 0.902. The van der Waals surface area contributed by atoms with E-state index in [0.717, 1.165) is 56.3 Å². The van der Waals surface area contributed by atoms with Crippen molar-refractivity contribution >= 4 is 33.9 Å². The fourth-order valence-corrected chi connectivity index (χ4v) is 4.28. The Balaban J connectivity index is 1.37. The molecule has 0 aliphatic carbocycles. The van der Waals surface area contributed by atoms with Gasteiger partial charge in [-0.25, -0.2) is 0 Å². The van der Waals surface area contributed by atoms with E-state index < -0.39 is 0 Å². The number of hydrogen-bond donors (Lipinski definition) is 2. The Hall–Kier alpha value is -1.72. The minimum absolute atomic E-state index is 0.487. The van der Waals surface area contributed by atoms with E-state index in [1.807, 2.05) is 36.6 Å². The van der Waals surface area contributed by atoms with E-state index in [2.05, 4.69) is 44.1 Å². The molecule has 1 aromatic carbocycles. The van der Waals surface area contributed by atoms with E-state index in [9.17, 15) is 0 Å². The van der Waals surface area contributed by atoms with Crippen molar-refractivity contribution in [2.45, 2.75) is 31.7 Å². The Kier molecular flexibility index (Phi) is 7.21. The van der Waals surface area contributed by atoms with Gasteiger partial charge in [-0.1, -0.05) is 29.8 Å². The molecule has 4 nitrogen and oxygen atoms in total. The van der Waals surface area contributed by atoms with Crippen LogP contribution in [0.1, 0.15) is 24.8 Å². The van der Waals surface area contributed by atoms with Crippen LogP contribution in [0, 0.1) is 0 Å². The van der Waals surface area contributed by atoms with Crippen LogP contribution in [-0.4, -0.2) is 38.7 Å². The van der Waals surface area contributed by atoms with Crippen LogP contribution in [-0.2, 0) is 6.42 Å². The number of piperidine rings is 1. The number of benzene rings is 1. The van der Waals surface area contributed by atoms with Crippen LogP contribution in [0.3, 0.4) is 0 Å². The third-order valence-corrected chi connectivity index (χ3v) is 6.05. The molecule has 0 atom stereocenters. The van der Waals surface area contributed by atoms with E-state index in [-0.39, 0.29) is 0 Å². The van der Waals surface area contributed by atoms with Gasteiger partial charge in [0.15, 0.2) is 5.96 Å². The van der Waals surface area contributed by atoms with E-state index in [4.69, 9.17) is 11.6 Å². The Morgan fingerprint density at radius 1 is 1.23 bits per heavy atom. The molecule has 0 amide bonds. The van der Waals surface area contributed by atoms with Gasteiger partial charge in [-0.2, -0.15) is 0 Å². The number of halogens is 1. The second-order valence-electron chi connectivity index (χ2n) is 6.55. The van der Waals surface area contributed by atoms with Gasteiger partial charge in [0.25, 0.3) is 0 Å². The van der Waals surface area contributed by atoms with Crippen LogP contribution >= 0.6 is 22.9 Å². The van der Waals surface area contributed by atoms with Crippen molar-refractivity contribution in [1.82, 2.24) is 10.6 Å². The molecule has 1 saturated heterocycles. The first kappa shape index (κ1) is 19.1. The maximum Gasteiger partial charge on any atom is 0.191 e. The van der Waals surface area contributed by atoms with Crippen molar-refractivity contribution in [2.24, 2.45) is 4.99 Å². The maximum atomic E-state index is 6.21. The summed E-state index contributed by atoms with van der Waals surface area (Å²) in [4.78, 5) is 6.84. The van der Waals surface area contributed by atoms with Crippen LogP contribution < -0.4 is 15.5 Å². The van der Waals surface area contributed by atoms with Gasteiger partial charge in [-0.05, 0) is 54.8 Å². The number of aliphatic imine (C=N–C) groups is 1. The third-order valence-electron chi connectivity index (χ3n) is 4.75. The van der Waals surface area contributed by atoms with Gasteiger partial charge < -0.3 is 15.5 Å². The minimum atomic E-state index is 0.487. The molecule has 0 spiro atoms. The molecule has 26 heavy (non-hydrogen) atoms. The average Bonchev–Trinajstić information content (AvgIpc) is 3.21. The molecule has 0 radical (unpaired) electrons. The Morgan fingerprint density at radius 2 is 2.04 bits per heavy atom. The number of anilines is 1. The van der Waals surface area contributed by atoms with Gasteiger partial charge in [0.05, 0.1) is 5.00 Å². The number of aryl methyl sites for hydroxylation is 1. The van der Waals surface area contributed by atoms with Crippen molar-refractivity contribution in [3.8, 4) is 0 Å². The molecule has 1 aliphatic rings. The monoisotopic (exact) mass is 390 g/mol. The number of thiophene rings is 1. The van der Waals surface area contributed by atoms with E-state index in [0.29, 0.717) is 6.04 Å². The molecule has 2 N–H and O–H groups in total. The summed E-state index contributed by atoms with van der Waals surface area (Å²) in [6.45, 7) is 3.09. The maximum absolute atomic E-state index is 6.21. The molecule has 2 heterocycles. The number of nitrogens with one attached hydrogen (secondary N) is 2. The van der Waals surface area contributed by atoms with E-state index >= 15 is 0 Å². The van der Waals surface area contributed by atoms with Crippen LogP contribution in [0.25, 0.3) is 0 Å². The molecule has 2 aromatic rings. The lowest BCUT2D eigenvalue weighted by Gasteiger charge is -2.33. The first-order valence-electron chi connectivity index (χ1n) is 9.25. The van der Waals surface area contributed by atoms with Crippen LogP contribution in [0.5, 0.6) is 0 Å². The highest BCUT2D eigenvalue weighted by atomic mass is 35.5. The number of hydrogen-bond acceptors (Lipinski definition) is 3. The zero-order valence-corrected chi connectivity index (χ0v) is 16.8. The zero-order valence-electron chi connectivity index (χ0n) is 15.2. The highest BCUT2D eigenvalue weighted by Crippen LogP contribution is 2.24. The number of rotatable bonds is 6. The summed E-state index contributed by atoms with van der Waals surface area (Å²) >= 11 is 8.03. The molecule has 0 saturated carbocycles. The highest BCUT2D eigenvalue weighted by molar-refractivity contribution is 7.14. The summed E-state index contributed by atoms with van der Waals surface area (Å²) in [6.07, 6.45) is 4.28. The summed E-state index contributed by atoms with van der Waals surface area (Å²) in [5, 5.41) is 11.4. The average molecular weight is 391 g/mol. The van der Waals surface area contributed by atoms with Crippen LogP contribution in [0.15, 0.2) is 46.8 Å². The van der Waals surface area contributed by atoms with Crippen molar-refractivity contribution in [2.75, 3.05) is 31.6 Å². The lowest BCUT2D eigenvalue weighted by Crippen LogP contribution is -2.48. The quantitative estimate of drug-likeness (QED) is 0.441. The van der Waals surface area contributed by atoms with Gasteiger partial charge in [-0.3, -0.25) is 4.99 Å². The predicted octanol–water partition coefficient (Wildman–Crippen LogP) is 4.17. The fraction of sp³-hybridized carbons (Fsp3) is 0.450. The molecule has 1 aliphatic heterocycles. The van der Waals surface area contributed by atoms with E-state index in [1.54, 1.807) is 0 Å². The molecule has 1 aromatic heterocycles. The molecule has 0 unspecified atom stereocenters. The normalized spacial score (nSPS) is 15.9. The molecule has 140 valence electrons. The second kappa shape index (κ2) is 9.83. The van der Waals surface area contributed by atoms with Crippen molar-refractivity contribution in [3.05, 3.63) is 52.4 Å². The number of nitrogens with zero attached hydrogens (tertiary/aromatic N) is 2.